The molecule has 104 valence electrons. The monoisotopic (exact) mass is 279 g/mol. The molecule has 0 saturated carbocycles. The van der Waals surface area contributed by atoms with Gasteiger partial charge in [-0.3, -0.25) is 0 Å². The molecule has 0 aromatic heterocycles. The van der Waals surface area contributed by atoms with Crippen LogP contribution >= 0.6 is 0 Å². The van der Waals surface area contributed by atoms with E-state index in [0.717, 1.165) is 11.1 Å². The Bertz CT molecular complexity index is 733. The van der Waals surface area contributed by atoms with Crippen LogP contribution < -0.4 is 4.74 Å². The fraction of sp³-hybridized carbons (Fsp3) is 0.0588. The predicted octanol–water partition coefficient (Wildman–Crippen LogP) is 3.04. The van der Waals surface area contributed by atoms with Gasteiger partial charge in [0.15, 0.2) is 0 Å². The van der Waals surface area contributed by atoms with E-state index in [2.05, 4.69) is 5.16 Å². The summed E-state index contributed by atoms with van der Waals surface area (Å²) in [6, 6.07) is 16.9. The molecule has 21 heavy (non-hydrogen) atoms. The summed E-state index contributed by atoms with van der Waals surface area (Å²) in [6.07, 6.45) is 1.74. The molecule has 0 N–H and O–H groups in total. The maximum absolute atomic E-state index is 11.9. The molecule has 3 rings (SSSR count). The summed E-state index contributed by atoms with van der Waals surface area (Å²) < 4.78 is 5.30. The van der Waals surface area contributed by atoms with Gasteiger partial charge in [0.1, 0.15) is 11.5 Å². The normalized spacial score (nSPS) is 15.8. The van der Waals surface area contributed by atoms with Crippen LogP contribution in [-0.4, -0.2) is 18.8 Å². The number of oxime groups is 1. The Morgan fingerprint density at radius 1 is 1.05 bits per heavy atom. The number of nitrogens with zero attached hydrogens (tertiary/aromatic N) is 1. The summed E-state index contributed by atoms with van der Waals surface area (Å²) in [7, 11) is 1.59. The van der Waals surface area contributed by atoms with Crippen molar-refractivity contribution in [1.29, 1.82) is 0 Å². The van der Waals surface area contributed by atoms with Crippen LogP contribution in [0.15, 0.2) is 65.3 Å². The Balaban J connectivity index is 2.05. The third-order valence-corrected chi connectivity index (χ3v) is 3.18. The number of para-hydroxylation sites is 1. The zero-order chi connectivity index (χ0) is 14.7. The number of hydrogen-bond donors (Lipinski definition) is 0. The minimum Gasteiger partial charge on any atom is -0.496 e. The van der Waals surface area contributed by atoms with Crippen LogP contribution in [0.25, 0.3) is 6.08 Å². The van der Waals surface area contributed by atoms with Crippen LogP contribution in [0.2, 0.25) is 0 Å². The number of hydrogen-bond acceptors (Lipinski definition) is 4. The summed E-state index contributed by atoms with van der Waals surface area (Å²) in [4.78, 5) is 16.7. The highest BCUT2D eigenvalue weighted by atomic mass is 16.7. The van der Waals surface area contributed by atoms with E-state index in [9.17, 15) is 4.79 Å². The molecule has 0 saturated heterocycles. The van der Waals surface area contributed by atoms with Gasteiger partial charge in [-0.15, -0.1) is 0 Å². The Morgan fingerprint density at radius 3 is 2.52 bits per heavy atom. The topological polar surface area (TPSA) is 47.9 Å². The average molecular weight is 279 g/mol. The zero-order valence-electron chi connectivity index (χ0n) is 11.4. The first kappa shape index (κ1) is 13.1. The second-order valence-corrected chi connectivity index (χ2v) is 4.48. The van der Waals surface area contributed by atoms with Gasteiger partial charge in [-0.05, 0) is 12.1 Å². The second kappa shape index (κ2) is 5.63. The van der Waals surface area contributed by atoms with E-state index in [0.29, 0.717) is 17.0 Å². The Hall–Kier alpha value is -2.88. The van der Waals surface area contributed by atoms with Gasteiger partial charge in [-0.1, -0.05) is 53.7 Å². The van der Waals surface area contributed by atoms with Gasteiger partial charge in [-0.2, -0.15) is 0 Å². The minimum atomic E-state index is -0.459. The first-order valence-corrected chi connectivity index (χ1v) is 6.49. The second-order valence-electron chi connectivity index (χ2n) is 4.48. The highest BCUT2D eigenvalue weighted by Crippen LogP contribution is 2.25. The smallest absolute Gasteiger partial charge is 0.368 e. The van der Waals surface area contributed by atoms with E-state index in [1.165, 1.54) is 0 Å². The first-order chi connectivity index (χ1) is 10.3. The van der Waals surface area contributed by atoms with Crippen molar-refractivity contribution in [3.8, 4) is 5.75 Å². The van der Waals surface area contributed by atoms with E-state index in [1.807, 2.05) is 54.6 Å². The maximum Gasteiger partial charge on any atom is 0.368 e. The van der Waals surface area contributed by atoms with Gasteiger partial charge < -0.3 is 9.57 Å². The van der Waals surface area contributed by atoms with Crippen molar-refractivity contribution in [2.45, 2.75) is 0 Å². The SMILES string of the molecule is COc1ccccc1/C=C1\C(=O)ON=C1c1ccccc1. The largest absolute Gasteiger partial charge is 0.496 e. The van der Waals surface area contributed by atoms with Crippen LogP contribution in [0, 0.1) is 0 Å². The average Bonchev–Trinajstić information content (AvgIpc) is 2.90. The molecule has 4 heteroatoms. The maximum atomic E-state index is 11.9. The molecule has 0 radical (unpaired) electrons. The Morgan fingerprint density at radius 2 is 1.76 bits per heavy atom. The molecule has 0 atom stereocenters. The number of benzene rings is 2. The predicted molar refractivity (Wildman–Crippen MR) is 80.0 cm³/mol. The lowest BCUT2D eigenvalue weighted by Gasteiger charge is -2.05. The van der Waals surface area contributed by atoms with E-state index >= 15 is 0 Å². The van der Waals surface area contributed by atoms with Crippen molar-refractivity contribution in [2.75, 3.05) is 7.11 Å². The van der Waals surface area contributed by atoms with Crippen molar-refractivity contribution in [3.05, 3.63) is 71.3 Å². The zero-order valence-corrected chi connectivity index (χ0v) is 11.4. The van der Waals surface area contributed by atoms with Crippen LogP contribution in [0.1, 0.15) is 11.1 Å². The quantitative estimate of drug-likeness (QED) is 0.641. The van der Waals surface area contributed by atoms with Gasteiger partial charge in [0.25, 0.3) is 0 Å². The van der Waals surface area contributed by atoms with Crippen molar-refractivity contribution in [1.82, 2.24) is 0 Å². The molecule has 2 aromatic carbocycles. The van der Waals surface area contributed by atoms with E-state index in [4.69, 9.17) is 9.57 Å². The van der Waals surface area contributed by atoms with Gasteiger partial charge in [0.2, 0.25) is 0 Å². The molecular formula is C17H13NO3. The number of rotatable bonds is 3. The third kappa shape index (κ3) is 2.56. The lowest BCUT2D eigenvalue weighted by molar-refractivity contribution is -0.136. The van der Waals surface area contributed by atoms with Gasteiger partial charge in [0, 0.05) is 11.1 Å². The van der Waals surface area contributed by atoms with Crippen molar-refractivity contribution < 1.29 is 14.4 Å². The molecule has 1 aliphatic heterocycles. The summed E-state index contributed by atoms with van der Waals surface area (Å²) in [5, 5.41) is 3.88. The van der Waals surface area contributed by atoms with Crippen molar-refractivity contribution in [3.63, 3.8) is 0 Å². The summed E-state index contributed by atoms with van der Waals surface area (Å²) >= 11 is 0. The first-order valence-electron chi connectivity index (χ1n) is 6.49. The molecule has 0 amide bonds. The summed E-state index contributed by atoms with van der Waals surface area (Å²) in [5.41, 5.74) is 2.60. The lowest BCUT2D eigenvalue weighted by atomic mass is 10.0. The minimum absolute atomic E-state index is 0.422. The molecule has 0 spiro atoms. The molecular weight excluding hydrogens is 266 g/mol. The molecule has 0 bridgehead atoms. The molecule has 1 aliphatic rings. The number of methoxy groups -OCH3 is 1. The van der Waals surface area contributed by atoms with E-state index < -0.39 is 5.97 Å². The Labute approximate surface area is 122 Å². The van der Waals surface area contributed by atoms with Crippen LogP contribution in [0.4, 0.5) is 0 Å². The van der Waals surface area contributed by atoms with Crippen LogP contribution in [0.5, 0.6) is 5.75 Å². The molecule has 1 heterocycles. The fourth-order valence-electron chi connectivity index (χ4n) is 2.15. The highest BCUT2D eigenvalue weighted by Gasteiger charge is 2.26. The van der Waals surface area contributed by atoms with E-state index in [1.54, 1.807) is 13.2 Å². The number of carbonyl (C=O) groups excluding carboxylic acids is 1. The number of carbonyl (C=O) groups is 1. The Kier molecular flexibility index (Phi) is 3.51. The molecule has 0 fully saturated rings. The molecule has 4 nitrogen and oxygen atoms in total. The van der Waals surface area contributed by atoms with Gasteiger partial charge in [0.05, 0.1) is 12.7 Å². The highest BCUT2D eigenvalue weighted by molar-refractivity contribution is 6.31. The summed E-state index contributed by atoms with van der Waals surface area (Å²) in [6.45, 7) is 0. The van der Waals surface area contributed by atoms with Crippen LogP contribution in [0.3, 0.4) is 0 Å². The van der Waals surface area contributed by atoms with Crippen LogP contribution in [-0.2, 0) is 9.63 Å². The molecule has 2 aromatic rings. The number of ether oxygens (including phenoxy) is 1. The fourth-order valence-corrected chi connectivity index (χ4v) is 2.15. The standard InChI is InChI=1S/C17H13NO3/c1-20-15-10-6-5-9-13(15)11-14-16(18-21-17(14)19)12-7-3-2-4-8-12/h2-11H,1H3/b14-11-. The lowest BCUT2D eigenvalue weighted by Crippen LogP contribution is -2.06. The van der Waals surface area contributed by atoms with Gasteiger partial charge >= 0.3 is 5.97 Å². The van der Waals surface area contributed by atoms with Crippen molar-refractivity contribution >= 4 is 17.8 Å². The summed E-state index contributed by atoms with van der Waals surface area (Å²) in [5.74, 6) is 0.233. The van der Waals surface area contributed by atoms with Crippen molar-refractivity contribution in [2.24, 2.45) is 5.16 Å². The van der Waals surface area contributed by atoms with Gasteiger partial charge in [-0.25, -0.2) is 4.79 Å². The molecule has 0 aliphatic carbocycles. The molecule has 0 unspecified atom stereocenters. The van der Waals surface area contributed by atoms with E-state index in [-0.39, 0.29) is 0 Å². The third-order valence-electron chi connectivity index (χ3n) is 3.18.